The van der Waals surface area contributed by atoms with Crippen LogP contribution < -0.4 is 5.32 Å². The molecule has 2 aromatic carbocycles. The maximum Gasteiger partial charge on any atom is 0.247 e. The maximum absolute atomic E-state index is 13.9. The normalized spacial score (nSPS) is 16.2. The number of carbonyl (C=O) groups excluding carboxylic acids is 2. The van der Waals surface area contributed by atoms with Crippen molar-refractivity contribution in [3.05, 3.63) is 82.0 Å². The first-order valence-electron chi connectivity index (χ1n) is 12.1. The number of hydrogen-bond donors (Lipinski definition) is 1. The van der Waals surface area contributed by atoms with E-state index in [0.717, 1.165) is 46.5 Å². The summed E-state index contributed by atoms with van der Waals surface area (Å²) in [5.41, 5.74) is 3.25. The van der Waals surface area contributed by atoms with Crippen LogP contribution in [0, 0.1) is 6.92 Å². The summed E-state index contributed by atoms with van der Waals surface area (Å²) < 4.78 is 7.30. The number of thiophene rings is 1. The van der Waals surface area contributed by atoms with Crippen molar-refractivity contribution in [1.29, 1.82) is 0 Å². The van der Waals surface area contributed by atoms with Gasteiger partial charge in [-0.1, -0.05) is 47.7 Å². The number of carbonyl (C=O) groups is 2. The Hall–Kier alpha value is -3.56. The molecule has 1 fully saturated rings. The minimum absolute atomic E-state index is 0.00873. The molecule has 186 valence electrons. The number of benzene rings is 2. The van der Waals surface area contributed by atoms with Gasteiger partial charge in [0.05, 0.1) is 18.2 Å². The Morgan fingerprint density at radius 2 is 2.00 bits per heavy atom. The second kappa shape index (κ2) is 11.0. The Kier molecular flexibility index (Phi) is 7.39. The zero-order valence-electron chi connectivity index (χ0n) is 20.2. The summed E-state index contributed by atoms with van der Waals surface area (Å²) in [7, 11) is 0. The number of rotatable bonds is 9. The largest absolute Gasteiger partial charge is 0.376 e. The molecule has 1 aliphatic rings. The van der Waals surface area contributed by atoms with Crippen molar-refractivity contribution in [2.75, 3.05) is 13.2 Å². The van der Waals surface area contributed by atoms with Crippen molar-refractivity contribution in [2.45, 2.75) is 45.0 Å². The zero-order chi connectivity index (χ0) is 24.9. The van der Waals surface area contributed by atoms with Gasteiger partial charge in [0, 0.05) is 18.0 Å². The number of amides is 2. The van der Waals surface area contributed by atoms with E-state index in [1.54, 1.807) is 20.9 Å². The molecule has 1 N–H and O–H groups in total. The van der Waals surface area contributed by atoms with Crippen molar-refractivity contribution in [2.24, 2.45) is 0 Å². The number of aryl methyl sites for hydroxylation is 1. The summed E-state index contributed by atoms with van der Waals surface area (Å²) in [4.78, 5) is 30.3. The van der Waals surface area contributed by atoms with E-state index in [0.29, 0.717) is 13.1 Å². The Morgan fingerprint density at radius 3 is 2.78 bits per heavy atom. The zero-order valence-corrected chi connectivity index (χ0v) is 21.0. The lowest BCUT2D eigenvalue weighted by Crippen LogP contribution is -2.46. The molecule has 0 saturated carbocycles. The topological polar surface area (TPSA) is 89.4 Å². The van der Waals surface area contributed by atoms with Crippen LogP contribution in [0.2, 0.25) is 0 Å². The molecule has 0 spiro atoms. The molecule has 36 heavy (non-hydrogen) atoms. The highest BCUT2D eigenvalue weighted by Gasteiger charge is 2.33. The monoisotopic (exact) mass is 503 g/mol. The fraction of sp³-hybridized carbons (Fsp3) is 0.333. The van der Waals surface area contributed by atoms with Gasteiger partial charge in [-0.25, -0.2) is 4.68 Å². The van der Waals surface area contributed by atoms with Crippen molar-refractivity contribution in [3.63, 3.8) is 0 Å². The number of ether oxygens (including phenoxy) is 1. The number of para-hydroxylation sites is 1. The van der Waals surface area contributed by atoms with Crippen LogP contribution in [-0.4, -0.2) is 51.0 Å². The Balaban J connectivity index is 1.48. The number of nitrogens with zero attached hydrogens (tertiary/aromatic N) is 4. The van der Waals surface area contributed by atoms with E-state index >= 15 is 0 Å². The minimum atomic E-state index is -0.794. The van der Waals surface area contributed by atoms with Crippen LogP contribution in [0.5, 0.6) is 0 Å². The second-order valence-corrected chi connectivity index (χ2v) is 10.0. The van der Waals surface area contributed by atoms with Gasteiger partial charge in [-0.3, -0.25) is 9.59 Å². The van der Waals surface area contributed by atoms with E-state index in [2.05, 4.69) is 15.6 Å². The first-order chi connectivity index (χ1) is 17.6. The molecular weight excluding hydrogens is 474 g/mol. The molecule has 2 aromatic heterocycles. The SMILES string of the molecule is Cc1ccccc1[C@@H](C(=O)NC[C@@H]1CCCO1)N(Cc1cccs1)C(=O)Cn1nnc2ccccc21. The highest BCUT2D eigenvalue weighted by Crippen LogP contribution is 2.28. The summed E-state index contributed by atoms with van der Waals surface area (Å²) in [6.45, 7) is 3.41. The highest BCUT2D eigenvalue weighted by molar-refractivity contribution is 7.09. The number of hydrogen-bond acceptors (Lipinski definition) is 6. The predicted octanol–water partition coefficient (Wildman–Crippen LogP) is 3.87. The molecule has 3 heterocycles. The smallest absolute Gasteiger partial charge is 0.247 e. The van der Waals surface area contributed by atoms with Gasteiger partial charge >= 0.3 is 0 Å². The summed E-state index contributed by atoms with van der Waals surface area (Å²) in [5, 5.41) is 13.4. The van der Waals surface area contributed by atoms with Gasteiger partial charge in [-0.2, -0.15) is 0 Å². The third-order valence-corrected chi connectivity index (χ3v) is 7.36. The van der Waals surface area contributed by atoms with Crippen LogP contribution in [0.15, 0.2) is 66.0 Å². The van der Waals surface area contributed by atoms with Crippen LogP contribution in [0.1, 0.15) is 34.9 Å². The molecule has 0 aliphatic carbocycles. The fourth-order valence-corrected chi connectivity index (χ4v) is 5.31. The molecular formula is C27H29N5O3S. The van der Waals surface area contributed by atoms with E-state index in [-0.39, 0.29) is 24.5 Å². The van der Waals surface area contributed by atoms with Gasteiger partial charge in [-0.15, -0.1) is 16.4 Å². The van der Waals surface area contributed by atoms with Gasteiger partial charge in [0.15, 0.2) is 0 Å². The molecule has 2 atom stereocenters. The Bertz CT molecular complexity index is 1330. The van der Waals surface area contributed by atoms with Crippen molar-refractivity contribution < 1.29 is 14.3 Å². The summed E-state index contributed by atoms with van der Waals surface area (Å²) in [5.74, 6) is -0.423. The standard InChI is InChI=1S/C27H29N5O3S/c1-19-8-2-3-11-22(19)26(27(34)28-16-20-9-6-14-35-20)31(17-21-10-7-15-36-21)25(33)18-32-24-13-5-4-12-23(24)29-30-32/h2-5,7-8,10-13,15,20,26H,6,9,14,16-18H2,1H3,(H,28,34)/t20-,26-/m0/s1. The van der Waals surface area contributed by atoms with Crippen LogP contribution in [0.25, 0.3) is 11.0 Å². The first-order valence-corrected chi connectivity index (χ1v) is 13.0. The molecule has 5 rings (SSSR count). The van der Waals surface area contributed by atoms with Crippen LogP contribution in [0.4, 0.5) is 0 Å². The Morgan fingerprint density at radius 1 is 1.17 bits per heavy atom. The molecule has 0 unspecified atom stereocenters. The Labute approximate surface area is 213 Å². The minimum Gasteiger partial charge on any atom is -0.376 e. The van der Waals surface area contributed by atoms with Gasteiger partial charge < -0.3 is 15.0 Å². The van der Waals surface area contributed by atoms with E-state index in [1.165, 1.54) is 0 Å². The third kappa shape index (κ3) is 5.32. The van der Waals surface area contributed by atoms with Crippen LogP contribution in [-0.2, 0) is 27.4 Å². The van der Waals surface area contributed by atoms with Gasteiger partial charge in [0.25, 0.3) is 0 Å². The number of aromatic nitrogens is 3. The number of fused-ring (bicyclic) bond motifs is 1. The summed E-state index contributed by atoms with van der Waals surface area (Å²) >= 11 is 1.56. The maximum atomic E-state index is 13.9. The van der Waals surface area contributed by atoms with Gasteiger partial charge in [0.1, 0.15) is 18.1 Å². The molecule has 1 saturated heterocycles. The molecule has 9 heteroatoms. The average molecular weight is 504 g/mol. The quantitative estimate of drug-likeness (QED) is 0.375. The molecule has 8 nitrogen and oxygen atoms in total. The molecule has 2 amide bonds. The van der Waals surface area contributed by atoms with E-state index < -0.39 is 6.04 Å². The molecule has 1 aliphatic heterocycles. The lowest BCUT2D eigenvalue weighted by molar-refractivity contribution is -0.142. The lowest BCUT2D eigenvalue weighted by Gasteiger charge is -2.32. The van der Waals surface area contributed by atoms with Crippen molar-refractivity contribution >= 4 is 34.2 Å². The molecule has 4 aromatic rings. The van der Waals surface area contributed by atoms with Gasteiger partial charge in [-0.05, 0) is 54.5 Å². The predicted molar refractivity (Wildman–Crippen MR) is 138 cm³/mol. The molecule has 0 radical (unpaired) electrons. The van der Waals surface area contributed by atoms with E-state index in [4.69, 9.17) is 4.74 Å². The summed E-state index contributed by atoms with van der Waals surface area (Å²) in [6, 6.07) is 18.4. The second-order valence-electron chi connectivity index (χ2n) is 8.98. The number of nitrogens with one attached hydrogen (secondary N) is 1. The van der Waals surface area contributed by atoms with Crippen LogP contribution >= 0.6 is 11.3 Å². The first kappa shape index (κ1) is 24.1. The van der Waals surface area contributed by atoms with E-state index in [9.17, 15) is 9.59 Å². The lowest BCUT2D eigenvalue weighted by atomic mass is 9.98. The van der Waals surface area contributed by atoms with Gasteiger partial charge in [0.2, 0.25) is 11.8 Å². The highest BCUT2D eigenvalue weighted by atomic mass is 32.1. The summed E-state index contributed by atoms with van der Waals surface area (Å²) in [6.07, 6.45) is 1.93. The average Bonchev–Trinajstić information content (AvgIpc) is 3.67. The van der Waals surface area contributed by atoms with Crippen molar-refractivity contribution in [1.82, 2.24) is 25.2 Å². The van der Waals surface area contributed by atoms with E-state index in [1.807, 2.05) is 73.0 Å². The fourth-order valence-electron chi connectivity index (χ4n) is 4.61. The third-order valence-electron chi connectivity index (χ3n) is 6.50. The van der Waals surface area contributed by atoms with Crippen LogP contribution in [0.3, 0.4) is 0 Å². The van der Waals surface area contributed by atoms with Crippen molar-refractivity contribution in [3.8, 4) is 0 Å². The molecule has 0 bridgehead atoms.